The highest BCUT2D eigenvalue weighted by Crippen LogP contribution is 2.38. The van der Waals surface area contributed by atoms with Crippen LogP contribution in [-0.2, 0) is 28.9 Å². The highest BCUT2D eigenvalue weighted by molar-refractivity contribution is 7.17. The van der Waals surface area contributed by atoms with Crippen LogP contribution in [0, 0.1) is 0 Å². The molecule has 0 unspecified atom stereocenters. The monoisotopic (exact) mass is 445 g/mol. The van der Waals surface area contributed by atoms with E-state index in [2.05, 4.69) is 17.6 Å². The van der Waals surface area contributed by atoms with Crippen molar-refractivity contribution in [1.29, 1.82) is 0 Å². The number of hydrogen-bond acceptors (Lipinski definition) is 6. The largest absolute Gasteiger partial charge is 0.462 e. The Morgan fingerprint density at radius 2 is 1.74 bits per heavy atom. The van der Waals surface area contributed by atoms with Crippen molar-refractivity contribution in [1.82, 2.24) is 4.90 Å². The van der Waals surface area contributed by atoms with Crippen LogP contribution < -0.4 is 10.6 Å². The van der Waals surface area contributed by atoms with Crippen LogP contribution in [0.5, 0.6) is 0 Å². The summed E-state index contributed by atoms with van der Waals surface area (Å²) in [6.07, 6.45) is 1.02. The molecule has 8 nitrogen and oxygen atoms in total. The normalized spacial score (nSPS) is 12.7. The molecule has 0 fully saturated rings. The maximum Gasteiger partial charge on any atom is 0.410 e. The number of urea groups is 1. The fraction of sp³-hybridized carbons (Fsp3) is 0.409. The van der Waals surface area contributed by atoms with Gasteiger partial charge >= 0.3 is 18.1 Å². The van der Waals surface area contributed by atoms with Crippen molar-refractivity contribution in [3.05, 3.63) is 45.8 Å². The lowest BCUT2D eigenvalue weighted by Gasteiger charge is -2.26. The number of carbonyl (C=O) groups is 3. The maximum atomic E-state index is 12.6. The van der Waals surface area contributed by atoms with E-state index in [4.69, 9.17) is 9.47 Å². The average molecular weight is 446 g/mol. The molecule has 1 aromatic carbocycles. The molecule has 0 saturated heterocycles. The predicted octanol–water partition coefficient (Wildman–Crippen LogP) is 4.65. The molecule has 2 N–H and O–H groups in total. The number of ether oxygens (including phenoxy) is 2. The molecule has 1 aliphatic heterocycles. The first kappa shape index (κ1) is 22.6. The number of carbonyl (C=O) groups excluding carboxylic acids is 3. The molecular weight excluding hydrogens is 418 g/mol. The number of amides is 3. The zero-order valence-corrected chi connectivity index (χ0v) is 18.8. The third-order valence-electron chi connectivity index (χ3n) is 4.91. The van der Waals surface area contributed by atoms with Gasteiger partial charge in [0, 0.05) is 17.1 Å². The van der Waals surface area contributed by atoms with E-state index in [1.807, 2.05) is 24.3 Å². The zero-order chi connectivity index (χ0) is 22.4. The van der Waals surface area contributed by atoms with Gasteiger partial charge in [-0.2, -0.15) is 0 Å². The molecule has 2 aromatic rings. The molecule has 0 spiro atoms. The van der Waals surface area contributed by atoms with Crippen LogP contribution >= 0.6 is 11.3 Å². The number of rotatable bonds is 6. The van der Waals surface area contributed by atoms with E-state index in [1.165, 1.54) is 16.9 Å². The predicted molar refractivity (Wildman–Crippen MR) is 120 cm³/mol. The van der Waals surface area contributed by atoms with E-state index < -0.39 is 12.0 Å². The molecule has 31 heavy (non-hydrogen) atoms. The first-order valence-corrected chi connectivity index (χ1v) is 11.2. The van der Waals surface area contributed by atoms with Gasteiger partial charge in [0.2, 0.25) is 0 Å². The number of fused-ring (bicyclic) bond motifs is 1. The zero-order valence-electron chi connectivity index (χ0n) is 17.9. The number of anilines is 2. The van der Waals surface area contributed by atoms with Gasteiger partial charge in [-0.05, 0) is 49.9 Å². The van der Waals surface area contributed by atoms with Crippen molar-refractivity contribution >= 4 is 40.1 Å². The fourth-order valence-corrected chi connectivity index (χ4v) is 4.62. The van der Waals surface area contributed by atoms with Crippen LogP contribution in [0.25, 0.3) is 0 Å². The topological polar surface area (TPSA) is 97.0 Å². The first-order valence-electron chi connectivity index (χ1n) is 10.4. The molecule has 3 amide bonds. The molecule has 3 rings (SSSR count). The molecule has 0 bridgehead atoms. The van der Waals surface area contributed by atoms with Crippen LogP contribution in [0.3, 0.4) is 0 Å². The van der Waals surface area contributed by atoms with E-state index >= 15 is 0 Å². The number of esters is 1. The molecular formula is C22H27N3O5S. The summed E-state index contributed by atoms with van der Waals surface area (Å²) in [5.74, 6) is -0.479. The van der Waals surface area contributed by atoms with E-state index in [0.29, 0.717) is 42.4 Å². The average Bonchev–Trinajstić information content (AvgIpc) is 3.11. The second-order valence-electron chi connectivity index (χ2n) is 6.93. The van der Waals surface area contributed by atoms with Crippen LogP contribution in [0.4, 0.5) is 20.3 Å². The van der Waals surface area contributed by atoms with Crippen molar-refractivity contribution in [2.24, 2.45) is 0 Å². The molecule has 0 atom stereocenters. The van der Waals surface area contributed by atoms with Gasteiger partial charge in [0.15, 0.2) is 0 Å². The maximum absolute atomic E-state index is 12.6. The summed E-state index contributed by atoms with van der Waals surface area (Å²) in [5, 5.41) is 5.98. The highest BCUT2D eigenvalue weighted by Gasteiger charge is 2.31. The number of benzene rings is 1. The summed E-state index contributed by atoms with van der Waals surface area (Å²) in [6.45, 7) is 6.85. The van der Waals surface area contributed by atoms with Crippen molar-refractivity contribution < 1.29 is 23.9 Å². The summed E-state index contributed by atoms with van der Waals surface area (Å²) >= 11 is 1.28. The molecule has 166 valence electrons. The first-order chi connectivity index (χ1) is 15.0. The SMILES string of the molecule is CCOC(=O)c1c(NC(=O)Nc2ccc(CC)cc2)sc2c1CCN(C(=O)OCC)C2. The highest BCUT2D eigenvalue weighted by atomic mass is 32.1. The van der Waals surface area contributed by atoms with Crippen molar-refractivity contribution in [2.45, 2.75) is 40.2 Å². The van der Waals surface area contributed by atoms with Crippen LogP contribution in [0.2, 0.25) is 0 Å². The second kappa shape index (κ2) is 10.3. The van der Waals surface area contributed by atoms with Gasteiger partial charge in [0.05, 0.1) is 25.3 Å². The van der Waals surface area contributed by atoms with Crippen molar-refractivity contribution in [2.75, 3.05) is 30.4 Å². The molecule has 9 heteroatoms. The van der Waals surface area contributed by atoms with Gasteiger partial charge in [0.25, 0.3) is 0 Å². The van der Waals surface area contributed by atoms with Crippen molar-refractivity contribution in [3.63, 3.8) is 0 Å². The molecule has 0 saturated carbocycles. The number of nitrogens with zero attached hydrogens (tertiary/aromatic N) is 1. The number of nitrogens with one attached hydrogen (secondary N) is 2. The summed E-state index contributed by atoms with van der Waals surface area (Å²) in [4.78, 5) is 39.8. The quantitative estimate of drug-likeness (QED) is 0.631. The van der Waals surface area contributed by atoms with Crippen molar-refractivity contribution in [3.8, 4) is 0 Å². The lowest BCUT2D eigenvalue weighted by atomic mass is 10.0. The Morgan fingerprint density at radius 1 is 1.03 bits per heavy atom. The Hall–Kier alpha value is -3.07. The minimum atomic E-state index is -0.479. The molecule has 0 radical (unpaired) electrons. The molecule has 0 aliphatic carbocycles. The van der Waals surface area contributed by atoms with Gasteiger partial charge in [-0.25, -0.2) is 14.4 Å². The minimum Gasteiger partial charge on any atom is -0.462 e. The van der Waals surface area contributed by atoms with Crippen LogP contribution in [0.15, 0.2) is 24.3 Å². The second-order valence-corrected chi connectivity index (χ2v) is 8.03. The van der Waals surface area contributed by atoms with Gasteiger partial charge in [-0.1, -0.05) is 19.1 Å². The standard InChI is InChI=1S/C22H27N3O5S/c1-4-14-7-9-15(10-8-14)23-21(27)24-19-18(20(26)29-5-2)16-11-12-25(13-17(16)31-19)22(28)30-6-3/h7-10H,4-6,11-13H2,1-3H3,(H2,23,24,27). The number of aryl methyl sites for hydroxylation is 1. The van der Waals surface area contributed by atoms with Gasteiger partial charge in [-0.3, -0.25) is 5.32 Å². The van der Waals surface area contributed by atoms with E-state index in [0.717, 1.165) is 16.9 Å². The summed E-state index contributed by atoms with van der Waals surface area (Å²) in [7, 11) is 0. The van der Waals surface area contributed by atoms with Gasteiger partial charge < -0.3 is 19.7 Å². The van der Waals surface area contributed by atoms with E-state index in [1.54, 1.807) is 18.7 Å². The minimum absolute atomic E-state index is 0.230. The Labute approximate surface area is 185 Å². The van der Waals surface area contributed by atoms with Gasteiger partial charge in [0.1, 0.15) is 5.00 Å². The third-order valence-corrected chi connectivity index (χ3v) is 6.04. The van der Waals surface area contributed by atoms with E-state index in [-0.39, 0.29) is 12.7 Å². The number of thiophene rings is 1. The lowest BCUT2D eigenvalue weighted by molar-refractivity contribution is 0.0526. The summed E-state index contributed by atoms with van der Waals surface area (Å²) in [6, 6.07) is 7.12. The summed E-state index contributed by atoms with van der Waals surface area (Å²) in [5.41, 5.74) is 3.00. The molecule has 1 aromatic heterocycles. The summed E-state index contributed by atoms with van der Waals surface area (Å²) < 4.78 is 10.3. The van der Waals surface area contributed by atoms with Crippen LogP contribution in [0.1, 0.15) is 47.1 Å². The third kappa shape index (κ3) is 5.35. The van der Waals surface area contributed by atoms with Crippen LogP contribution in [-0.4, -0.2) is 42.8 Å². The molecule has 1 aliphatic rings. The van der Waals surface area contributed by atoms with E-state index in [9.17, 15) is 14.4 Å². The Bertz CT molecular complexity index is 955. The van der Waals surface area contributed by atoms with Gasteiger partial charge in [-0.15, -0.1) is 11.3 Å². The number of hydrogen-bond donors (Lipinski definition) is 2. The Morgan fingerprint density at radius 3 is 2.39 bits per heavy atom. The molecule has 2 heterocycles. The Balaban J connectivity index is 1.80. The lowest BCUT2D eigenvalue weighted by Crippen LogP contribution is -2.36. The Kier molecular flexibility index (Phi) is 7.51. The smallest absolute Gasteiger partial charge is 0.410 e. The fourth-order valence-electron chi connectivity index (χ4n) is 3.37.